The Morgan fingerprint density at radius 3 is 2.87 bits per heavy atom. The molecule has 1 nitrogen and oxygen atoms in total. The summed E-state index contributed by atoms with van der Waals surface area (Å²) in [4.78, 5) is 0. The first-order valence-corrected chi connectivity index (χ1v) is 6.63. The third kappa shape index (κ3) is 0.627. The van der Waals surface area contributed by atoms with Crippen molar-refractivity contribution in [2.75, 3.05) is 0 Å². The van der Waals surface area contributed by atoms with Gasteiger partial charge in [-0.05, 0) is 54.8 Å². The van der Waals surface area contributed by atoms with Crippen LogP contribution < -0.4 is 0 Å². The van der Waals surface area contributed by atoms with Crippen molar-refractivity contribution >= 4 is 0 Å². The topological polar surface area (TPSA) is 9.23 Å². The van der Waals surface area contributed by atoms with Gasteiger partial charge in [-0.25, -0.2) is 0 Å². The van der Waals surface area contributed by atoms with E-state index >= 15 is 0 Å². The van der Waals surface area contributed by atoms with E-state index in [1.54, 1.807) is 0 Å². The lowest BCUT2D eigenvalue weighted by Crippen LogP contribution is -2.57. The van der Waals surface area contributed by atoms with Crippen molar-refractivity contribution in [3.05, 3.63) is 12.7 Å². The minimum atomic E-state index is 0.390. The summed E-state index contributed by atoms with van der Waals surface area (Å²) in [5, 5.41) is 0. The molecule has 8 atom stereocenters. The van der Waals surface area contributed by atoms with E-state index in [9.17, 15) is 0 Å². The summed E-state index contributed by atoms with van der Waals surface area (Å²) in [6, 6.07) is 0. The van der Waals surface area contributed by atoms with Crippen molar-refractivity contribution in [3.63, 3.8) is 0 Å². The van der Waals surface area contributed by atoms with Crippen molar-refractivity contribution in [1.29, 1.82) is 0 Å². The van der Waals surface area contributed by atoms with Gasteiger partial charge in [-0.2, -0.15) is 0 Å². The molecule has 4 saturated carbocycles. The molecule has 0 amide bonds. The standard InChI is InChI=1S/C14H18O/c1-2-7-3-8-4-9(7)13-12(8)10-5-14(13)6-11(10)15-14/h2,7-13H,1,3-6H2/t7?,8?,9?,10?,11?,12?,13?,14-/m0/s1. The maximum absolute atomic E-state index is 6.16. The Labute approximate surface area is 90.9 Å². The highest BCUT2D eigenvalue weighted by atomic mass is 16.5. The Kier molecular flexibility index (Phi) is 1.09. The Morgan fingerprint density at radius 1 is 1.20 bits per heavy atom. The molecule has 4 aliphatic carbocycles. The normalized spacial score (nSPS) is 71.9. The van der Waals surface area contributed by atoms with Crippen molar-refractivity contribution in [2.45, 2.75) is 37.4 Å². The summed E-state index contributed by atoms with van der Waals surface area (Å²) in [7, 11) is 0. The van der Waals surface area contributed by atoms with Gasteiger partial charge in [0.05, 0.1) is 11.7 Å². The second-order valence-electron chi connectivity index (χ2n) is 6.69. The van der Waals surface area contributed by atoms with Crippen LogP contribution in [-0.2, 0) is 4.74 Å². The molecule has 6 rings (SSSR count). The van der Waals surface area contributed by atoms with E-state index in [0.29, 0.717) is 11.7 Å². The molecule has 0 radical (unpaired) electrons. The van der Waals surface area contributed by atoms with Gasteiger partial charge in [0.1, 0.15) is 0 Å². The molecule has 0 aromatic carbocycles. The third-order valence-corrected chi connectivity index (χ3v) is 6.52. The number of ether oxygens (including phenoxy) is 1. The molecule has 6 fully saturated rings. The Balaban J connectivity index is 1.62. The van der Waals surface area contributed by atoms with Crippen LogP contribution in [0.5, 0.6) is 0 Å². The van der Waals surface area contributed by atoms with Crippen LogP contribution in [0, 0.1) is 35.5 Å². The predicted octanol–water partition coefficient (Wildman–Crippen LogP) is 2.62. The van der Waals surface area contributed by atoms with Crippen LogP contribution in [0.3, 0.4) is 0 Å². The molecule has 80 valence electrons. The minimum Gasteiger partial charge on any atom is -0.371 e. The van der Waals surface area contributed by atoms with Gasteiger partial charge >= 0.3 is 0 Å². The average Bonchev–Trinajstić information content (AvgIpc) is 2.94. The molecule has 2 saturated heterocycles. The lowest BCUT2D eigenvalue weighted by atomic mass is 9.63. The number of fused-ring (bicyclic) bond motifs is 5. The van der Waals surface area contributed by atoms with Gasteiger partial charge in [-0.1, -0.05) is 6.08 Å². The van der Waals surface area contributed by atoms with Crippen molar-refractivity contribution in [2.24, 2.45) is 35.5 Å². The molecule has 6 aliphatic rings. The molecule has 15 heavy (non-hydrogen) atoms. The average molecular weight is 202 g/mol. The van der Waals surface area contributed by atoms with Crippen molar-refractivity contribution < 1.29 is 4.74 Å². The molecule has 5 bridgehead atoms. The fourth-order valence-corrected chi connectivity index (χ4v) is 6.35. The molecule has 2 heterocycles. The fraction of sp³-hybridized carbons (Fsp3) is 0.857. The predicted molar refractivity (Wildman–Crippen MR) is 57.2 cm³/mol. The lowest BCUT2D eigenvalue weighted by Gasteiger charge is -2.54. The number of hydrogen-bond donors (Lipinski definition) is 0. The molecule has 2 aliphatic heterocycles. The maximum atomic E-state index is 6.16. The zero-order valence-electron chi connectivity index (χ0n) is 9.06. The molecular weight excluding hydrogens is 184 g/mol. The smallest absolute Gasteiger partial charge is 0.0748 e. The van der Waals surface area contributed by atoms with E-state index in [1.165, 1.54) is 25.7 Å². The minimum absolute atomic E-state index is 0.390. The van der Waals surface area contributed by atoms with E-state index in [4.69, 9.17) is 4.74 Å². The Morgan fingerprint density at radius 2 is 2.07 bits per heavy atom. The van der Waals surface area contributed by atoms with Gasteiger partial charge in [0.25, 0.3) is 0 Å². The van der Waals surface area contributed by atoms with Crippen LogP contribution >= 0.6 is 0 Å². The first-order valence-electron chi connectivity index (χ1n) is 6.63. The summed E-state index contributed by atoms with van der Waals surface area (Å²) in [5.41, 5.74) is 0.390. The first-order chi connectivity index (χ1) is 7.32. The van der Waals surface area contributed by atoms with E-state index in [-0.39, 0.29) is 0 Å². The number of rotatable bonds is 1. The van der Waals surface area contributed by atoms with Gasteiger partial charge in [-0.15, -0.1) is 6.58 Å². The first kappa shape index (κ1) is 7.89. The highest BCUT2D eigenvalue weighted by Crippen LogP contribution is 2.76. The maximum Gasteiger partial charge on any atom is 0.0748 e. The largest absolute Gasteiger partial charge is 0.371 e. The quantitative estimate of drug-likeness (QED) is 0.594. The van der Waals surface area contributed by atoms with Crippen molar-refractivity contribution in [3.8, 4) is 0 Å². The molecule has 1 heteroatoms. The molecule has 1 spiro atoms. The van der Waals surface area contributed by atoms with Gasteiger partial charge in [0.15, 0.2) is 0 Å². The van der Waals surface area contributed by atoms with Crippen LogP contribution in [0.25, 0.3) is 0 Å². The SMILES string of the molecule is C=CC1CC2CC1C1C2C2C[C@]13CC2O3. The van der Waals surface area contributed by atoms with Crippen LogP contribution in [-0.4, -0.2) is 11.7 Å². The molecular formula is C14H18O. The van der Waals surface area contributed by atoms with Gasteiger partial charge < -0.3 is 4.74 Å². The zero-order valence-corrected chi connectivity index (χ0v) is 9.06. The van der Waals surface area contributed by atoms with Crippen molar-refractivity contribution in [1.82, 2.24) is 0 Å². The second-order valence-corrected chi connectivity index (χ2v) is 6.69. The van der Waals surface area contributed by atoms with Crippen LogP contribution in [0.2, 0.25) is 0 Å². The summed E-state index contributed by atoms with van der Waals surface area (Å²) in [5.74, 6) is 5.79. The van der Waals surface area contributed by atoms with Gasteiger partial charge in [-0.3, -0.25) is 0 Å². The van der Waals surface area contributed by atoms with E-state index < -0.39 is 0 Å². The molecule has 0 aromatic heterocycles. The molecule has 0 N–H and O–H groups in total. The lowest BCUT2D eigenvalue weighted by molar-refractivity contribution is -0.237. The van der Waals surface area contributed by atoms with E-state index in [1.807, 2.05) is 0 Å². The highest BCUT2D eigenvalue weighted by Gasteiger charge is 2.77. The van der Waals surface area contributed by atoms with E-state index in [0.717, 1.165) is 35.5 Å². The monoisotopic (exact) mass is 202 g/mol. The summed E-state index contributed by atoms with van der Waals surface area (Å²) in [6.45, 7) is 4.03. The van der Waals surface area contributed by atoms with E-state index in [2.05, 4.69) is 12.7 Å². The second kappa shape index (κ2) is 2.07. The Bertz CT molecular complexity index is 354. The fourth-order valence-electron chi connectivity index (χ4n) is 6.35. The van der Waals surface area contributed by atoms with Gasteiger partial charge in [0, 0.05) is 6.42 Å². The Hall–Kier alpha value is -0.300. The molecule has 7 unspecified atom stereocenters. The summed E-state index contributed by atoms with van der Waals surface area (Å²) in [6.07, 6.45) is 8.71. The number of hydrogen-bond acceptors (Lipinski definition) is 1. The van der Waals surface area contributed by atoms with Gasteiger partial charge in [0.2, 0.25) is 0 Å². The van der Waals surface area contributed by atoms with Crippen LogP contribution in [0.1, 0.15) is 25.7 Å². The highest BCUT2D eigenvalue weighted by molar-refractivity contribution is 5.26. The third-order valence-electron chi connectivity index (χ3n) is 6.52. The summed E-state index contributed by atoms with van der Waals surface area (Å²) >= 11 is 0. The van der Waals surface area contributed by atoms with Crippen LogP contribution in [0.4, 0.5) is 0 Å². The molecule has 0 aromatic rings. The van der Waals surface area contributed by atoms with Crippen LogP contribution in [0.15, 0.2) is 12.7 Å². The summed E-state index contributed by atoms with van der Waals surface area (Å²) < 4.78 is 6.16. The zero-order chi connectivity index (χ0) is 9.78. The number of allylic oxidation sites excluding steroid dienone is 1.